The lowest BCUT2D eigenvalue weighted by Crippen LogP contribution is -2.47. The third-order valence-corrected chi connectivity index (χ3v) is 4.18. The van der Waals surface area contributed by atoms with Crippen molar-refractivity contribution in [3.63, 3.8) is 0 Å². The van der Waals surface area contributed by atoms with Crippen molar-refractivity contribution in [3.05, 3.63) is 70.2 Å². The Balaban J connectivity index is 1.70. The molecular formula is C18H15ClN2O3. The lowest BCUT2D eigenvalue weighted by Gasteiger charge is -2.21. The van der Waals surface area contributed by atoms with Gasteiger partial charge < -0.3 is 5.32 Å². The molecule has 1 aliphatic rings. The Labute approximate surface area is 144 Å². The number of rotatable bonds is 4. The largest absolute Gasteiger partial charge is 0.350 e. The standard InChI is InChI=1S/C18H15ClN2O3/c1-11(16(22)20-10-12-5-4-6-13(19)9-12)21-17(23)14-7-2-3-8-15(14)18(21)24/h2-9,11H,10H2,1H3,(H,20,22)/t11-/m0/s1. The Kier molecular flexibility index (Phi) is 4.36. The van der Waals surface area contributed by atoms with Crippen LogP contribution in [-0.2, 0) is 11.3 Å². The van der Waals surface area contributed by atoms with Crippen molar-refractivity contribution >= 4 is 29.3 Å². The number of hydrogen-bond donors (Lipinski definition) is 1. The lowest BCUT2D eigenvalue weighted by atomic mass is 10.1. The van der Waals surface area contributed by atoms with E-state index in [1.54, 1.807) is 42.5 Å². The van der Waals surface area contributed by atoms with Gasteiger partial charge in [0.05, 0.1) is 11.1 Å². The fourth-order valence-corrected chi connectivity index (χ4v) is 2.87. The second-order valence-electron chi connectivity index (χ2n) is 5.55. The Morgan fingerprint density at radius 3 is 2.29 bits per heavy atom. The summed E-state index contributed by atoms with van der Waals surface area (Å²) in [5.74, 6) is -1.29. The van der Waals surface area contributed by atoms with E-state index in [4.69, 9.17) is 11.6 Å². The lowest BCUT2D eigenvalue weighted by molar-refractivity contribution is -0.124. The van der Waals surface area contributed by atoms with Crippen LogP contribution in [-0.4, -0.2) is 28.7 Å². The van der Waals surface area contributed by atoms with E-state index in [1.165, 1.54) is 6.92 Å². The van der Waals surface area contributed by atoms with Crippen molar-refractivity contribution in [2.75, 3.05) is 0 Å². The quantitative estimate of drug-likeness (QED) is 0.869. The zero-order valence-corrected chi connectivity index (χ0v) is 13.7. The fourth-order valence-electron chi connectivity index (χ4n) is 2.66. The summed E-state index contributed by atoms with van der Waals surface area (Å²) < 4.78 is 0. The minimum Gasteiger partial charge on any atom is -0.350 e. The van der Waals surface area contributed by atoms with Crippen molar-refractivity contribution in [1.82, 2.24) is 10.2 Å². The Hall–Kier alpha value is -2.66. The number of carbonyl (C=O) groups excluding carboxylic acids is 3. The van der Waals surface area contributed by atoms with Crippen LogP contribution in [0.1, 0.15) is 33.2 Å². The molecule has 1 atom stereocenters. The Morgan fingerprint density at radius 2 is 1.71 bits per heavy atom. The molecule has 0 radical (unpaired) electrons. The van der Waals surface area contributed by atoms with E-state index in [0.29, 0.717) is 16.1 Å². The average Bonchev–Trinajstić information content (AvgIpc) is 2.84. The molecule has 0 fully saturated rings. The Bertz CT molecular complexity index is 800. The van der Waals surface area contributed by atoms with Crippen molar-refractivity contribution in [3.8, 4) is 0 Å². The van der Waals surface area contributed by atoms with Crippen LogP contribution >= 0.6 is 11.6 Å². The van der Waals surface area contributed by atoms with Gasteiger partial charge in [0.1, 0.15) is 6.04 Å². The van der Waals surface area contributed by atoms with Gasteiger partial charge in [-0.2, -0.15) is 0 Å². The van der Waals surface area contributed by atoms with E-state index in [0.717, 1.165) is 10.5 Å². The molecule has 1 N–H and O–H groups in total. The van der Waals surface area contributed by atoms with Gasteiger partial charge in [0.25, 0.3) is 11.8 Å². The van der Waals surface area contributed by atoms with E-state index < -0.39 is 23.8 Å². The topological polar surface area (TPSA) is 66.5 Å². The van der Waals surface area contributed by atoms with Gasteiger partial charge in [-0.25, -0.2) is 0 Å². The molecule has 3 amide bonds. The molecule has 0 aromatic heterocycles. The van der Waals surface area contributed by atoms with Crippen LogP contribution in [0, 0.1) is 0 Å². The average molecular weight is 343 g/mol. The monoisotopic (exact) mass is 342 g/mol. The van der Waals surface area contributed by atoms with Crippen LogP contribution < -0.4 is 5.32 Å². The summed E-state index contributed by atoms with van der Waals surface area (Å²) in [4.78, 5) is 38.1. The smallest absolute Gasteiger partial charge is 0.262 e. The van der Waals surface area contributed by atoms with Crippen LogP contribution in [0.25, 0.3) is 0 Å². The third-order valence-electron chi connectivity index (χ3n) is 3.95. The SMILES string of the molecule is C[C@@H](C(=O)NCc1cccc(Cl)c1)N1C(=O)c2ccccc2C1=O. The number of nitrogens with one attached hydrogen (secondary N) is 1. The minimum atomic E-state index is -0.892. The molecule has 24 heavy (non-hydrogen) atoms. The van der Waals surface area contributed by atoms with E-state index in [9.17, 15) is 14.4 Å². The maximum atomic E-state index is 12.4. The Morgan fingerprint density at radius 1 is 1.08 bits per heavy atom. The molecule has 6 heteroatoms. The van der Waals surface area contributed by atoms with Crippen LogP contribution in [0.15, 0.2) is 48.5 Å². The predicted molar refractivity (Wildman–Crippen MR) is 89.7 cm³/mol. The maximum absolute atomic E-state index is 12.4. The van der Waals surface area contributed by atoms with Gasteiger partial charge in [0, 0.05) is 11.6 Å². The van der Waals surface area contributed by atoms with Crippen molar-refractivity contribution in [2.24, 2.45) is 0 Å². The van der Waals surface area contributed by atoms with E-state index in [1.807, 2.05) is 6.07 Å². The van der Waals surface area contributed by atoms with Crippen LogP contribution in [0.4, 0.5) is 0 Å². The summed E-state index contributed by atoms with van der Waals surface area (Å²) in [6.45, 7) is 1.81. The van der Waals surface area contributed by atoms with E-state index in [-0.39, 0.29) is 6.54 Å². The highest BCUT2D eigenvalue weighted by atomic mass is 35.5. The third kappa shape index (κ3) is 2.90. The molecule has 122 valence electrons. The molecule has 0 bridgehead atoms. The number of fused-ring (bicyclic) bond motifs is 1. The van der Waals surface area contributed by atoms with Gasteiger partial charge in [-0.05, 0) is 36.8 Å². The van der Waals surface area contributed by atoms with Crippen molar-refractivity contribution in [1.29, 1.82) is 0 Å². The summed E-state index contributed by atoms with van der Waals surface area (Å²) in [7, 11) is 0. The first-order chi connectivity index (χ1) is 11.5. The van der Waals surface area contributed by atoms with Gasteiger partial charge >= 0.3 is 0 Å². The number of benzene rings is 2. The summed E-state index contributed by atoms with van der Waals surface area (Å²) in [5, 5.41) is 3.31. The molecule has 0 saturated carbocycles. The molecule has 0 unspecified atom stereocenters. The number of imide groups is 1. The van der Waals surface area contributed by atoms with Gasteiger partial charge in [-0.1, -0.05) is 35.9 Å². The number of halogens is 1. The highest BCUT2D eigenvalue weighted by molar-refractivity contribution is 6.30. The summed E-state index contributed by atoms with van der Waals surface area (Å²) in [5.41, 5.74) is 1.50. The number of carbonyl (C=O) groups is 3. The first kappa shape index (κ1) is 16.2. The molecule has 1 heterocycles. The van der Waals surface area contributed by atoms with Crippen LogP contribution in [0.2, 0.25) is 5.02 Å². The molecule has 0 spiro atoms. The molecule has 2 aromatic carbocycles. The van der Waals surface area contributed by atoms with E-state index >= 15 is 0 Å². The maximum Gasteiger partial charge on any atom is 0.262 e. The first-order valence-corrected chi connectivity index (χ1v) is 7.86. The number of hydrogen-bond acceptors (Lipinski definition) is 3. The second kappa shape index (κ2) is 6.45. The molecule has 0 saturated heterocycles. The first-order valence-electron chi connectivity index (χ1n) is 7.48. The summed E-state index contributed by atoms with van der Waals surface area (Å²) >= 11 is 5.91. The fraction of sp³-hybridized carbons (Fsp3) is 0.167. The highest BCUT2D eigenvalue weighted by Crippen LogP contribution is 2.24. The molecule has 0 aliphatic carbocycles. The zero-order valence-electron chi connectivity index (χ0n) is 13.0. The van der Waals surface area contributed by atoms with Gasteiger partial charge in [0.15, 0.2) is 0 Å². The van der Waals surface area contributed by atoms with Gasteiger partial charge in [-0.15, -0.1) is 0 Å². The van der Waals surface area contributed by atoms with Crippen LogP contribution in [0.3, 0.4) is 0 Å². The molecule has 3 rings (SSSR count). The minimum absolute atomic E-state index is 0.271. The van der Waals surface area contributed by atoms with Crippen LogP contribution in [0.5, 0.6) is 0 Å². The van der Waals surface area contributed by atoms with Crippen molar-refractivity contribution < 1.29 is 14.4 Å². The summed E-state index contributed by atoms with van der Waals surface area (Å²) in [6, 6.07) is 12.8. The number of nitrogens with zero attached hydrogens (tertiary/aromatic N) is 1. The van der Waals surface area contributed by atoms with E-state index in [2.05, 4.69) is 5.32 Å². The highest BCUT2D eigenvalue weighted by Gasteiger charge is 2.40. The molecule has 1 aliphatic heterocycles. The summed E-state index contributed by atoms with van der Waals surface area (Å²) in [6.07, 6.45) is 0. The number of amides is 3. The molecular weight excluding hydrogens is 328 g/mol. The molecule has 2 aromatic rings. The van der Waals surface area contributed by atoms with Crippen molar-refractivity contribution in [2.45, 2.75) is 19.5 Å². The van der Waals surface area contributed by atoms with Gasteiger partial charge in [-0.3, -0.25) is 19.3 Å². The predicted octanol–water partition coefficient (Wildman–Crippen LogP) is 2.64. The normalized spacial score (nSPS) is 14.5. The second-order valence-corrected chi connectivity index (χ2v) is 5.99. The molecule has 5 nitrogen and oxygen atoms in total. The van der Waals surface area contributed by atoms with Gasteiger partial charge in [0.2, 0.25) is 5.91 Å². The zero-order chi connectivity index (χ0) is 17.3.